The van der Waals surface area contributed by atoms with E-state index in [0.717, 1.165) is 22.7 Å². The number of hydrogen-bond donors (Lipinski definition) is 3. The smallest absolute Gasteiger partial charge is 0.384 e. The van der Waals surface area contributed by atoms with Gasteiger partial charge in [-0.3, -0.25) is 14.4 Å². The van der Waals surface area contributed by atoms with Crippen LogP contribution < -0.4 is 16.6 Å². The van der Waals surface area contributed by atoms with Crippen molar-refractivity contribution >= 4 is 28.5 Å². The van der Waals surface area contributed by atoms with Gasteiger partial charge in [-0.15, -0.1) is 0 Å². The van der Waals surface area contributed by atoms with Gasteiger partial charge in [0, 0.05) is 36.7 Å². The number of nitrogens with one attached hydrogen (secondary N) is 2. The minimum atomic E-state index is -4.52. The summed E-state index contributed by atoms with van der Waals surface area (Å²) in [7, 11) is 0. The maximum absolute atomic E-state index is 13.3. The molecule has 4 rings (SSSR count). The average molecular weight is 628 g/mol. The number of H-pyrrole nitrogens is 1. The molecule has 3 atom stereocenters. The summed E-state index contributed by atoms with van der Waals surface area (Å²) in [5.41, 5.74) is 6.79. The Labute approximate surface area is 260 Å². The van der Waals surface area contributed by atoms with Gasteiger partial charge in [0.05, 0.1) is 6.07 Å². The lowest BCUT2D eigenvalue weighted by atomic mass is 9.91. The van der Waals surface area contributed by atoms with Crippen molar-refractivity contribution in [3.63, 3.8) is 0 Å². The van der Waals surface area contributed by atoms with Crippen LogP contribution in [0.3, 0.4) is 0 Å². The molecular formula is C32H40F3N7O3. The number of aromatic nitrogens is 3. The summed E-state index contributed by atoms with van der Waals surface area (Å²) in [6, 6.07) is 9.37. The molecule has 10 nitrogen and oxygen atoms in total. The summed E-state index contributed by atoms with van der Waals surface area (Å²) in [5, 5.41) is 13.4. The molecule has 45 heavy (non-hydrogen) atoms. The molecule has 1 unspecified atom stereocenters. The van der Waals surface area contributed by atoms with Crippen molar-refractivity contribution in [1.29, 1.82) is 5.26 Å². The second-order valence-corrected chi connectivity index (χ2v) is 13.0. The van der Waals surface area contributed by atoms with Crippen molar-refractivity contribution < 1.29 is 22.8 Å². The summed E-state index contributed by atoms with van der Waals surface area (Å²) in [6.45, 7) is 12.7. The standard InChI is InChI=1S/C27H36N4O3.C5H4F3N3/c1-16(2)20-12-23(31(15-20)24(32)13-27(4,5)6)26(34)29-21(14-28)11-19-10-18-9-17(3)7-8-22(18)30-25(19)33;6-5(7,8)4-10-2-1-3(9)11-4/h7-10,16,20-21,23H,11-13,15H2,1-6H3,(H,29,34)(H,30,33);1-2H,(H2,9,10,11)/t20-,21?,23+;/m1./s1. The summed E-state index contributed by atoms with van der Waals surface area (Å²) < 4.78 is 35.4. The van der Waals surface area contributed by atoms with Gasteiger partial charge < -0.3 is 20.9 Å². The molecule has 0 aliphatic carbocycles. The number of nitriles is 1. The molecule has 0 spiro atoms. The summed E-state index contributed by atoms with van der Waals surface area (Å²) in [4.78, 5) is 49.4. The quantitative estimate of drug-likeness (QED) is 0.355. The van der Waals surface area contributed by atoms with Crippen LogP contribution in [0.5, 0.6) is 0 Å². The molecule has 2 aromatic heterocycles. The van der Waals surface area contributed by atoms with Crippen LogP contribution in [0.4, 0.5) is 19.0 Å². The fraction of sp³-hybridized carbons (Fsp3) is 0.500. The number of nitrogens with two attached hydrogens (primary N) is 1. The van der Waals surface area contributed by atoms with Crippen LogP contribution in [-0.4, -0.2) is 50.3 Å². The Morgan fingerprint density at radius 3 is 2.44 bits per heavy atom. The SMILES string of the molecule is Cc1ccc2[nH]c(=O)c(CC(C#N)NC(=O)[C@@H]3C[C@@H](C(C)C)CN3C(=O)CC(C)(C)C)cc2c1.Nc1ccnc(C(F)(F)F)n1. The number of nitrogen functional groups attached to an aromatic ring is 1. The highest BCUT2D eigenvalue weighted by Gasteiger charge is 2.41. The predicted molar refractivity (Wildman–Crippen MR) is 165 cm³/mol. The van der Waals surface area contributed by atoms with E-state index in [1.165, 1.54) is 6.07 Å². The first kappa shape index (κ1) is 35.0. The number of anilines is 1. The highest BCUT2D eigenvalue weighted by Crippen LogP contribution is 2.32. The van der Waals surface area contributed by atoms with Gasteiger partial charge >= 0.3 is 6.18 Å². The van der Waals surface area contributed by atoms with E-state index >= 15 is 0 Å². The molecule has 1 aromatic carbocycles. The number of rotatable bonds is 6. The largest absolute Gasteiger partial charge is 0.451 e. The number of alkyl halides is 3. The molecule has 3 aromatic rings. The lowest BCUT2D eigenvalue weighted by Crippen LogP contribution is -2.49. The van der Waals surface area contributed by atoms with Gasteiger partial charge in [0.15, 0.2) is 0 Å². The summed E-state index contributed by atoms with van der Waals surface area (Å²) in [6.07, 6.45) is -2.53. The minimum Gasteiger partial charge on any atom is -0.384 e. The number of halogens is 3. The number of hydrogen-bond acceptors (Lipinski definition) is 7. The van der Waals surface area contributed by atoms with E-state index < -0.39 is 24.1 Å². The molecule has 0 radical (unpaired) electrons. The van der Waals surface area contributed by atoms with Crippen molar-refractivity contribution in [2.24, 2.45) is 17.3 Å². The van der Waals surface area contributed by atoms with Crippen LogP contribution in [-0.2, 0) is 22.2 Å². The van der Waals surface area contributed by atoms with Gasteiger partial charge in [-0.05, 0) is 60.2 Å². The predicted octanol–water partition coefficient (Wildman–Crippen LogP) is 4.77. The van der Waals surface area contributed by atoms with Crippen LogP contribution >= 0.6 is 0 Å². The first-order chi connectivity index (χ1) is 20.9. The van der Waals surface area contributed by atoms with Crippen molar-refractivity contribution in [1.82, 2.24) is 25.2 Å². The number of likely N-dealkylation sites (tertiary alicyclic amines) is 1. The van der Waals surface area contributed by atoms with E-state index in [4.69, 9.17) is 5.73 Å². The number of pyridine rings is 1. The van der Waals surface area contributed by atoms with E-state index in [1.807, 2.05) is 45.9 Å². The van der Waals surface area contributed by atoms with E-state index in [2.05, 4.69) is 40.2 Å². The van der Waals surface area contributed by atoms with Crippen LogP contribution in [0.25, 0.3) is 10.9 Å². The molecular weight excluding hydrogens is 587 g/mol. The summed E-state index contributed by atoms with van der Waals surface area (Å²) >= 11 is 0. The molecule has 1 aliphatic rings. The lowest BCUT2D eigenvalue weighted by Gasteiger charge is -2.28. The van der Waals surface area contributed by atoms with Gasteiger partial charge in [0.1, 0.15) is 17.9 Å². The molecule has 1 aliphatic heterocycles. The minimum absolute atomic E-state index is 0.0364. The van der Waals surface area contributed by atoms with Crippen LogP contribution in [0, 0.1) is 35.5 Å². The molecule has 242 valence electrons. The summed E-state index contributed by atoms with van der Waals surface area (Å²) in [5.74, 6) is -1.19. The molecule has 0 bridgehead atoms. The number of aromatic amines is 1. The molecule has 3 heterocycles. The van der Waals surface area contributed by atoms with Crippen LogP contribution in [0.2, 0.25) is 0 Å². The van der Waals surface area contributed by atoms with E-state index in [-0.39, 0.29) is 40.9 Å². The normalized spacial score (nSPS) is 17.4. The van der Waals surface area contributed by atoms with Crippen molar-refractivity contribution in [3.8, 4) is 6.07 Å². The third-order valence-electron chi connectivity index (χ3n) is 7.48. The number of benzene rings is 1. The molecule has 4 N–H and O–H groups in total. The number of carbonyl (C=O) groups is 2. The Bertz CT molecular complexity index is 1620. The Morgan fingerprint density at radius 1 is 1.20 bits per heavy atom. The zero-order valence-electron chi connectivity index (χ0n) is 26.3. The van der Waals surface area contributed by atoms with Crippen LogP contribution in [0.15, 0.2) is 41.3 Å². The molecule has 1 fully saturated rings. The Hall–Kier alpha value is -4.47. The highest BCUT2D eigenvalue weighted by molar-refractivity contribution is 5.89. The Morgan fingerprint density at radius 2 is 1.89 bits per heavy atom. The molecule has 1 saturated heterocycles. The van der Waals surface area contributed by atoms with E-state index in [9.17, 15) is 32.8 Å². The number of amides is 2. The number of carbonyl (C=O) groups excluding carboxylic acids is 2. The first-order valence-corrected chi connectivity index (χ1v) is 14.7. The molecule has 2 amide bonds. The maximum Gasteiger partial charge on any atom is 0.451 e. The Balaban J connectivity index is 0.000000423. The second-order valence-electron chi connectivity index (χ2n) is 13.0. The van der Waals surface area contributed by atoms with Crippen molar-refractivity contribution in [2.45, 2.75) is 79.1 Å². The number of nitrogens with zero attached hydrogens (tertiary/aromatic N) is 4. The van der Waals surface area contributed by atoms with E-state index in [1.54, 1.807) is 11.0 Å². The number of fused-ring (bicyclic) bond motifs is 1. The highest BCUT2D eigenvalue weighted by atomic mass is 19.4. The molecule has 13 heteroatoms. The topological polar surface area (TPSA) is 158 Å². The third-order valence-corrected chi connectivity index (χ3v) is 7.48. The second kappa shape index (κ2) is 14.1. The third kappa shape index (κ3) is 9.76. The maximum atomic E-state index is 13.3. The first-order valence-electron chi connectivity index (χ1n) is 14.7. The van der Waals surface area contributed by atoms with Gasteiger partial charge in [-0.2, -0.15) is 18.4 Å². The average Bonchev–Trinajstić information content (AvgIpc) is 3.39. The Kier molecular flexibility index (Phi) is 11.0. The zero-order valence-corrected chi connectivity index (χ0v) is 26.3. The lowest BCUT2D eigenvalue weighted by molar-refractivity contribution is -0.144. The monoisotopic (exact) mass is 627 g/mol. The van der Waals surface area contributed by atoms with Gasteiger partial charge in [0.2, 0.25) is 17.6 Å². The van der Waals surface area contributed by atoms with Crippen molar-refractivity contribution in [2.75, 3.05) is 12.3 Å². The van der Waals surface area contributed by atoms with Gasteiger partial charge in [0.25, 0.3) is 5.56 Å². The zero-order chi connectivity index (χ0) is 33.7. The van der Waals surface area contributed by atoms with Crippen molar-refractivity contribution in [3.05, 3.63) is 63.8 Å². The fourth-order valence-corrected chi connectivity index (χ4v) is 5.08. The number of aryl methyl sites for hydroxylation is 1. The van der Waals surface area contributed by atoms with Gasteiger partial charge in [-0.25, -0.2) is 9.97 Å². The van der Waals surface area contributed by atoms with Gasteiger partial charge in [-0.1, -0.05) is 46.2 Å². The van der Waals surface area contributed by atoms with E-state index in [0.29, 0.717) is 30.9 Å². The molecule has 0 saturated carbocycles. The van der Waals surface area contributed by atoms with Crippen LogP contribution in [0.1, 0.15) is 64.4 Å². The fourth-order valence-electron chi connectivity index (χ4n) is 5.08.